The Kier molecular flexibility index (Phi) is 6.15. The number of carbonyl (C=O) groups is 1. The van der Waals surface area contributed by atoms with Gasteiger partial charge in [-0.15, -0.1) is 0 Å². The molecule has 4 rings (SSSR count). The van der Waals surface area contributed by atoms with Crippen LogP contribution in [0.2, 0.25) is 0 Å². The van der Waals surface area contributed by atoms with Crippen LogP contribution in [0.25, 0.3) is 10.9 Å². The van der Waals surface area contributed by atoms with Gasteiger partial charge in [-0.1, -0.05) is 18.2 Å². The molecule has 2 fully saturated rings. The Bertz CT molecular complexity index is 957. The van der Waals surface area contributed by atoms with Gasteiger partial charge in [0, 0.05) is 37.1 Å². The second kappa shape index (κ2) is 8.79. The highest BCUT2D eigenvalue weighted by Gasteiger charge is 2.30. The van der Waals surface area contributed by atoms with Crippen molar-refractivity contribution in [3.05, 3.63) is 36.5 Å². The van der Waals surface area contributed by atoms with Gasteiger partial charge in [-0.2, -0.15) is 0 Å². The molecule has 156 valence electrons. The second-order valence-corrected chi connectivity index (χ2v) is 10.0. The predicted octanol–water partition coefficient (Wildman–Crippen LogP) is 3.33. The third-order valence-electron chi connectivity index (χ3n) is 6.31. The number of likely N-dealkylation sites (tertiary alicyclic amines) is 1. The number of rotatable bonds is 5. The fourth-order valence-electron chi connectivity index (χ4n) is 4.58. The highest BCUT2D eigenvalue weighted by molar-refractivity contribution is 7.89. The highest BCUT2D eigenvalue weighted by Crippen LogP contribution is 2.31. The molecule has 0 radical (unpaired) electrons. The first-order valence-corrected chi connectivity index (χ1v) is 12.1. The molecule has 2 aromatic rings. The normalized spacial score (nSPS) is 23.2. The van der Waals surface area contributed by atoms with Gasteiger partial charge in [-0.05, 0) is 63.0 Å². The minimum absolute atomic E-state index is 0.114. The SMILES string of the molecule is O=C(C1CCC(CNS(=O)(=O)c2cccc3cccnc23)CC1)N1CCCCC1. The number of sulfonamides is 1. The van der Waals surface area contributed by atoms with Crippen molar-refractivity contribution in [3.63, 3.8) is 0 Å². The minimum atomic E-state index is -3.62. The second-order valence-electron chi connectivity index (χ2n) is 8.29. The van der Waals surface area contributed by atoms with Gasteiger partial charge >= 0.3 is 0 Å². The van der Waals surface area contributed by atoms with Crippen LogP contribution in [0.15, 0.2) is 41.4 Å². The maximum atomic E-state index is 12.9. The maximum absolute atomic E-state index is 12.9. The zero-order chi connectivity index (χ0) is 20.3. The molecule has 7 heteroatoms. The van der Waals surface area contributed by atoms with E-state index in [0.717, 1.165) is 57.0 Å². The average Bonchev–Trinajstić information content (AvgIpc) is 2.78. The number of carbonyl (C=O) groups excluding carboxylic acids is 1. The number of hydrogen-bond donors (Lipinski definition) is 1. The Morgan fingerprint density at radius 2 is 1.76 bits per heavy atom. The number of amides is 1. The van der Waals surface area contributed by atoms with Crippen LogP contribution in [0.4, 0.5) is 0 Å². The quantitative estimate of drug-likeness (QED) is 0.812. The van der Waals surface area contributed by atoms with E-state index in [2.05, 4.69) is 9.71 Å². The summed E-state index contributed by atoms with van der Waals surface area (Å²) in [6.07, 6.45) is 8.57. The molecule has 1 amide bonds. The van der Waals surface area contributed by atoms with Crippen molar-refractivity contribution >= 4 is 26.8 Å². The Hall–Kier alpha value is -1.99. The first kappa shape index (κ1) is 20.3. The Balaban J connectivity index is 1.33. The Morgan fingerprint density at radius 1 is 1.03 bits per heavy atom. The van der Waals surface area contributed by atoms with Gasteiger partial charge in [0.2, 0.25) is 15.9 Å². The van der Waals surface area contributed by atoms with E-state index in [1.54, 1.807) is 24.4 Å². The number of fused-ring (bicyclic) bond motifs is 1. The number of nitrogens with one attached hydrogen (secondary N) is 1. The predicted molar refractivity (Wildman–Crippen MR) is 113 cm³/mol. The molecular weight excluding hydrogens is 386 g/mol. The summed E-state index contributed by atoms with van der Waals surface area (Å²) in [5.74, 6) is 0.701. The molecule has 1 aliphatic carbocycles. The number of nitrogens with zero attached hydrogens (tertiary/aromatic N) is 2. The largest absolute Gasteiger partial charge is 0.342 e. The van der Waals surface area contributed by atoms with Crippen LogP contribution in [-0.4, -0.2) is 43.8 Å². The molecule has 2 aliphatic rings. The lowest BCUT2D eigenvalue weighted by Crippen LogP contribution is -2.41. The van der Waals surface area contributed by atoms with Crippen molar-refractivity contribution in [2.75, 3.05) is 19.6 Å². The minimum Gasteiger partial charge on any atom is -0.342 e. The van der Waals surface area contributed by atoms with E-state index in [9.17, 15) is 13.2 Å². The Morgan fingerprint density at radius 3 is 2.52 bits per heavy atom. The van der Waals surface area contributed by atoms with E-state index >= 15 is 0 Å². The molecule has 1 aromatic heterocycles. The molecular formula is C22H29N3O3S. The van der Waals surface area contributed by atoms with Gasteiger partial charge < -0.3 is 4.90 Å². The average molecular weight is 416 g/mol. The number of para-hydroxylation sites is 1. The molecule has 0 unspecified atom stereocenters. The summed E-state index contributed by atoms with van der Waals surface area (Å²) >= 11 is 0. The summed E-state index contributed by atoms with van der Waals surface area (Å²) < 4.78 is 28.5. The summed E-state index contributed by atoms with van der Waals surface area (Å²) in [4.78, 5) is 19.2. The number of hydrogen-bond acceptors (Lipinski definition) is 4. The standard InChI is InChI=1S/C22H29N3O3S/c26-22(25-14-2-1-3-15-25)19-11-9-17(10-12-19)16-24-29(27,28)20-8-4-6-18-7-5-13-23-21(18)20/h4-8,13,17,19,24H,1-3,9-12,14-16H2. The van der Waals surface area contributed by atoms with E-state index in [1.165, 1.54) is 6.42 Å². The van der Waals surface area contributed by atoms with Gasteiger partial charge in [0.05, 0.1) is 5.52 Å². The third kappa shape index (κ3) is 4.61. The first-order valence-electron chi connectivity index (χ1n) is 10.7. The van der Waals surface area contributed by atoms with Crippen LogP contribution < -0.4 is 4.72 Å². The van der Waals surface area contributed by atoms with Crippen molar-refractivity contribution in [1.82, 2.24) is 14.6 Å². The van der Waals surface area contributed by atoms with Gasteiger partial charge in [0.1, 0.15) is 4.90 Å². The van der Waals surface area contributed by atoms with Crippen LogP contribution in [0.3, 0.4) is 0 Å². The molecule has 1 aliphatic heterocycles. The molecule has 0 bridgehead atoms. The summed E-state index contributed by atoms with van der Waals surface area (Å²) in [6, 6.07) is 8.88. The fraction of sp³-hybridized carbons (Fsp3) is 0.545. The van der Waals surface area contributed by atoms with Crippen molar-refractivity contribution in [3.8, 4) is 0 Å². The molecule has 1 aromatic carbocycles. The monoisotopic (exact) mass is 415 g/mol. The van der Waals surface area contributed by atoms with Crippen molar-refractivity contribution < 1.29 is 13.2 Å². The van der Waals surface area contributed by atoms with Gasteiger partial charge in [0.15, 0.2) is 0 Å². The lowest BCUT2D eigenvalue weighted by molar-refractivity contribution is -0.137. The van der Waals surface area contributed by atoms with Crippen molar-refractivity contribution in [2.24, 2.45) is 11.8 Å². The topological polar surface area (TPSA) is 79.4 Å². The van der Waals surface area contributed by atoms with E-state index < -0.39 is 10.0 Å². The van der Waals surface area contributed by atoms with E-state index in [-0.39, 0.29) is 16.7 Å². The van der Waals surface area contributed by atoms with Gasteiger partial charge in [0.25, 0.3) is 0 Å². The number of benzene rings is 1. The zero-order valence-electron chi connectivity index (χ0n) is 16.7. The number of aromatic nitrogens is 1. The molecule has 29 heavy (non-hydrogen) atoms. The summed E-state index contributed by atoms with van der Waals surface area (Å²) in [7, 11) is -3.62. The molecule has 1 saturated carbocycles. The lowest BCUT2D eigenvalue weighted by atomic mass is 9.81. The van der Waals surface area contributed by atoms with Crippen LogP contribution in [0, 0.1) is 11.8 Å². The summed E-state index contributed by atoms with van der Waals surface area (Å²) in [6.45, 7) is 2.21. The smallest absolute Gasteiger partial charge is 0.242 e. The molecule has 1 N–H and O–H groups in total. The molecule has 0 atom stereocenters. The lowest BCUT2D eigenvalue weighted by Gasteiger charge is -2.34. The van der Waals surface area contributed by atoms with Crippen LogP contribution in [0.5, 0.6) is 0 Å². The third-order valence-corrected chi connectivity index (χ3v) is 7.77. The Labute approximate surface area is 172 Å². The first-order chi connectivity index (χ1) is 14.0. The molecule has 1 saturated heterocycles. The van der Waals surface area contributed by atoms with Gasteiger partial charge in [-0.25, -0.2) is 13.1 Å². The maximum Gasteiger partial charge on any atom is 0.242 e. The van der Waals surface area contributed by atoms with Crippen LogP contribution in [0.1, 0.15) is 44.9 Å². The molecule has 6 nitrogen and oxygen atoms in total. The molecule has 2 heterocycles. The van der Waals surface area contributed by atoms with E-state index in [0.29, 0.717) is 18.0 Å². The van der Waals surface area contributed by atoms with Crippen LogP contribution >= 0.6 is 0 Å². The van der Waals surface area contributed by atoms with Crippen LogP contribution in [-0.2, 0) is 14.8 Å². The van der Waals surface area contributed by atoms with E-state index in [1.807, 2.05) is 17.0 Å². The van der Waals surface area contributed by atoms with E-state index in [4.69, 9.17) is 0 Å². The van der Waals surface area contributed by atoms with Crippen molar-refractivity contribution in [2.45, 2.75) is 49.8 Å². The summed E-state index contributed by atoms with van der Waals surface area (Å²) in [5.41, 5.74) is 0.498. The van der Waals surface area contributed by atoms with Crippen molar-refractivity contribution in [1.29, 1.82) is 0 Å². The fourth-order valence-corrected chi connectivity index (χ4v) is 5.88. The summed E-state index contributed by atoms with van der Waals surface area (Å²) in [5, 5.41) is 0.812. The zero-order valence-corrected chi connectivity index (χ0v) is 17.5. The number of pyridine rings is 1. The molecule has 0 spiro atoms. The highest BCUT2D eigenvalue weighted by atomic mass is 32.2. The number of piperidine rings is 1. The van der Waals surface area contributed by atoms with Gasteiger partial charge in [-0.3, -0.25) is 9.78 Å².